The van der Waals surface area contributed by atoms with Crippen LogP contribution >= 0.6 is 0 Å². The Morgan fingerprint density at radius 3 is 2.42 bits per heavy atom. The predicted molar refractivity (Wildman–Crippen MR) is 95.2 cm³/mol. The van der Waals surface area contributed by atoms with Gasteiger partial charge >= 0.3 is 0 Å². The second kappa shape index (κ2) is 4.60. The lowest BCUT2D eigenvalue weighted by Crippen LogP contribution is -2.51. The van der Waals surface area contributed by atoms with E-state index < -0.39 is 11.4 Å². The van der Waals surface area contributed by atoms with Gasteiger partial charge in [-0.05, 0) is 18.2 Å². The SMILES string of the molecule is CN1C(=O)[C@]2(c3ccccc31)c1c(oc3ccccc3c1=O)C(=O)N2C. The molecule has 2 aliphatic rings. The third-order valence-corrected chi connectivity index (χ3v) is 5.43. The van der Waals surface area contributed by atoms with Crippen LogP contribution in [0.2, 0.25) is 0 Å². The number of amides is 2. The molecule has 0 saturated carbocycles. The van der Waals surface area contributed by atoms with Crippen molar-refractivity contribution < 1.29 is 14.0 Å². The topological polar surface area (TPSA) is 70.8 Å². The fourth-order valence-electron chi connectivity index (χ4n) is 4.20. The maximum Gasteiger partial charge on any atom is 0.291 e. The number of hydrogen-bond donors (Lipinski definition) is 0. The zero-order valence-electron chi connectivity index (χ0n) is 14.1. The van der Waals surface area contributed by atoms with Gasteiger partial charge in [0.15, 0.2) is 11.0 Å². The van der Waals surface area contributed by atoms with Crippen molar-refractivity contribution in [1.82, 2.24) is 4.90 Å². The summed E-state index contributed by atoms with van der Waals surface area (Å²) >= 11 is 0. The van der Waals surface area contributed by atoms with Crippen LogP contribution in [0.25, 0.3) is 11.0 Å². The van der Waals surface area contributed by atoms with Gasteiger partial charge in [-0.2, -0.15) is 0 Å². The Kier molecular flexibility index (Phi) is 2.64. The second-order valence-electron chi connectivity index (χ2n) is 6.59. The molecule has 0 fully saturated rings. The molecular formula is C20H14N2O4. The molecule has 3 heterocycles. The molecule has 0 bridgehead atoms. The maximum atomic E-state index is 13.3. The molecule has 0 saturated heterocycles. The lowest BCUT2D eigenvalue weighted by molar-refractivity contribution is -0.125. The highest BCUT2D eigenvalue weighted by atomic mass is 16.3. The van der Waals surface area contributed by atoms with Crippen molar-refractivity contribution in [3.05, 3.63) is 75.6 Å². The molecule has 2 amide bonds. The molecule has 0 N–H and O–H groups in total. The van der Waals surface area contributed by atoms with Crippen molar-refractivity contribution in [3.63, 3.8) is 0 Å². The van der Waals surface area contributed by atoms with E-state index in [0.29, 0.717) is 22.2 Å². The van der Waals surface area contributed by atoms with E-state index in [4.69, 9.17) is 4.42 Å². The number of carbonyl (C=O) groups excluding carboxylic acids is 2. The van der Waals surface area contributed by atoms with Crippen LogP contribution in [0.15, 0.2) is 57.7 Å². The van der Waals surface area contributed by atoms with Gasteiger partial charge in [0.1, 0.15) is 5.58 Å². The summed E-state index contributed by atoms with van der Waals surface area (Å²) in [5, 5.41) is 0.355. The third-order valence-electron chi connectivity index (χ3n) is 5.43. The molecule has 128 valence electrons. The highest BCUT2D eigenvalue weighted by molar-refractivity contribution is 6.16. The first-order valence-corrected chi connectivity index (χ1v) is 8.21. The van der Waals surface area contributed by atoms with Crippen molar-refractivity contribution in [2.75, 3.05) is 19.0 Å². The lowest BCUT2D eigenvalue weighted by atomic mass is 9.84. The van der Waals surface area contributed by atoms with Crippen molar-refractivity contribution in [3.8, 4) is 0 Å². The number of anilines is 1. The Balaban J connectivity index is 1.99. The Morgan fingerprint density at radius 2 is 1.62 bits per heavy atom. The van der Waals surface area contributed by atoms with E-state index in [1.807, 2.05) is 6.07 Å². The molecule has 6 nitrogen and oxygen atoms in total. The van der Waals surface area contributed by atoms with E-state index in [1.54, 1.807) is 49.5 Å². The zero-order chi connectivity index (χ0) is 18.2. The summed E-state index contributed by atoms with van der Waals surface area (Å²) in [6, 6.07) is 14.0. The molecule has 1 spiro atoms. The van der Waals surface area contributed by atoms with Crippen LogP contribution in [0, 0.1) is 0 Å². The first-order valence-electron chi connectivity index (χ1n) is 8.21. The van der Waals surface area contributed by atoms with Crippen LogP contribution in [0.3, 0.4) is 0 Å². The monoisotopic (exact) mass is 346 g/mol. The number of fused-ring (bicyclic) bond motifs is 5. The van der Waals surface area contributed by atoms with E-state index in [2.05, 4.69) is 0 Å². The van der Waals surface area contributed by atoms with Crippen molar-refractivity contribution in [1.29, 1.82) is 0 Å². The molecule has 3 aromatic rings. The molecule has 1 aromatic heterocycles. The molecule has 5 rings (SSSR count). The molecule has 0 aliphatic carbocycles. The van der Waals surface area contributed by atoms with Crippen LogP contribution in [0.1, 0.15) is 21.7 Å². The number of carbonyl (C=O) groups is 2. The van der Waals surface area contributed by atoms with Gasteiger partial charge in [0.25, 0.3) is 11.8 Å². The van der Waals surface area contributed by atoms with E-state index in [0.717, 1.165) is 0 Å². The van der Waals surface area contributed by atoms with Crippen LogP contribution in [-0.4, -0.2) is 30.8 Å². The molecule has 1 atom stereocenters. The molecule has 2 aliphatic heterocycles. The minimum absolute atomic E-state index is 0.0605. The molecule has 0 unspecified atom stereocenters. The van der Waals surface area contributed by atoms with Crippen LogP contribution in [-0.2, 0) is 10.3 Å². The predicted octanol–water partition coefficient (Wildman–Crippen LogP) is 2.10. The number of rotatable bonds is 0. The lowest BCUT2D eigenvalue weighted by Gasteiger charge is -2.30. The third kappa shape index (κ3) is 1.42. The number of hydrogen-bond acceptors (Lipinski definition) is 4. The first-order chi connectivity index (χ1) is 12.5. The molecule has 0 radical (unpaired) electrons. The van der Waals surface area contributed by atoms with Crippen LogP contribution in [0.4, 0.5) is 5.69 Å². The minimum Gasteiger partial charge on any atom is -0.450 e. The average Bonchev–Trinajstić information content (AvgIpc) is 3.02. The van der Waals surface area contributed by atoms with E-state index in [9.17, 15) is 14.4 Å². The van der Waals surface area contributed by atoms with E-state index in [-0.39, 0.29) is 22.7 Å². The molecule has 26 heavy (non-hydrogen) atoms. The van der Waals surface area contributed by atoms with Gasteiger partial charge < -0.3 is 14.2 Å². The van der Waals surface area contributed by atoms with Gasteiger partial charge in [-0.15, -0.1) is 0 Å². The van der Waals surface area contributed by atoms with Crippen LogP contribution < -0.4 is 10.3 Å². The number of nitrogens with zero attached hydrogens (tertiary/aromatic N) is 2. The Labute approximate surface area is 148 Å². The maximum absolute atomic E-state index is 13.3. The smallest absolute Gasteiger partial charge is 0.291 e. The van der Waals surface area contributed by atoms with E-state index >= 15 is 0 Å². The van der Waals surface area contributed by atoms with Crippen molar-refractivity contribution in [2.45, 2.75) is 5.54 Å². The first kappa shape index (κ1) is 14.9. The highest BCUT2D eigenvalue weighted by Gasteiger charge is 2.63. The second-order valence-corrected chi connectivity index (χ2v) is 6.59. The Hall–Kier alpha value is -3.41. The van der Waals surface area contributed by atoms with Gasteiger partial charge in [-0.25, -0.2) is 0 Å². The summed E-state index contributed by atoms with van der Waals surface area (Å²) < 4.78 is 5.79. The fraction of sp³-hybridized carbons (Fsp3) is 0.150. The van der Waals surface area contributed by atoms with Gasteiger partial charge in [-0.3, -0.25) is 14.4 Å². The molecule has 6 heteroatoms. The molecule has 2 aromatic carbocycles. The highest BCUT2D eigenvalue weighted by Crippen LogP contribution is 2.51. The average molecular weight is 346 g/mol. The minimum atomic E-state index is -1.48. The van der Waals surface area contributed by atoms with Gasteiger partial charge in [0.05, 0.1) is 10.9 Å². The van der Waals surface area contributed by atoms with Gasteiger partial charge in [-0.1, -0.05) is 30.3 Å². The summed E-state index contributed by atoms with van der Waals surface area (Å²) in [6.45, 7) is 0. The standard InChI is InChI=1S/C20H14N2O4/c1-21-13-9-5-4-8-12(13)20(19(21)25)15-16(23)11-7-3-6-10-14(11)26-17(15)18(24)22(20)2/h3-10H,1-2H3/t20-/m0/s1. The number of benzene rings is 2. The fourth-order valence-corrected chi connectivity index (χ4v) is 4.20. The largest absolute Gasteiger partial charge is 0.450 e. The van der Waals surface area contributed by atoms with Crippen molar-refractivity contribution >= 4 is 28.5 Å². The summed E-state index contributed by atoms with van der Waals surface area (Å²) in [4.78, 5) is 42.4. The van der Waals surface area contributed by atoms with Crippen molar-refractivity contribution in [2.24, 2.45) is 0 Å². The zero-order valence-corrected chi connectivity index (χ0v) is 14.1. The summed E-state index contributed by atoms with van der Waals surface area (Å²) in [6.07, 6.45) is 0. The quantitative estimate of drug-likeness (QED) is 0.625. The van der Waals surface area contributed by atoms with Gasteiger partial charge in [0, 0.05) is 25.3 Å². The van der Waals surface area contributed by atoms with Crippen LogP contribution in [0.5, 0.6) is 0 Å². The summed E-state index contributed by atoms with van der Waals surface area (Å²) in [7, 11) is 3.19. The Bertz CT molecular complexity index is 1200. The molecular weight excluding hydrogens is 332 g/mol. The Morgan fingerprint density at radius 1 is 0.923 bits per heavy atom. The number of likely N-dealkylation sites (N-methyl/N-ethyl adjacent to an activating group) is 2. The number of para-hydroxylation sites is 2. The van der Waals surface area contributed by atoms with E-state index in [1.165, 1.54) is 16.8 Å². The normalized spacial score (nSPS) is 21.0. The summed E-state index contributed by atoms with van der Waals surface area (Å²) in [5.41, 5.74) is -0.101. The summed E-state index contributed by atoms with van der Waals surface area (Å²) in [5.74, 6) is -0.869. The van der Waals surface area contributed by atoms with Gasteiger partial charge in [0.2, 0.25) is 5.76 Å².